The van der Waals surface area contributed by atoms with E-state index in [9.17, 15) is 27.6 Å². The van der Waals surface area contributed by atoms with Crippen molar-refractivity contribution in [2.75, 3.05) is 12.0 Å². The van der Waals surface area contributed by atoms with Crippen molar-refractivity contribution in [3.05, 3.63) is 55.6 Å². The third-order valence-corrected chi connectivity index (χ3v) is 5.65. The highest BCUT2D eigenvalue weighted by atomic mass is 127. The van der Waals surface area contributed by atoms with Crippen molar-refractivity contribution in [1.29, 1.82) is 0 Å². The molecule has 4 amide bonds. The molecule has 2 aromatic rings. The Morgan fingerprint density at radius 1 is 1.15 bits per heavy atom. The van der Waals surface area contributed by atoms with Crippen LogP contribution in [0.15, 0.2) is 35.9 Å². The number of amides is 4. The Morgan fingerprint density at radius 2 is 1.82 bits per heavy atom. The van der Waals surface area contributed by atoms with Gasteiger partial charge in [-0.15, -0.1) is 0 Å². The van der Waals surface area contributed by atoms with Crippen LogP contribution in [0, 0.1) is 3.57 Å². The topological polar surface area (TPSA) is 84.9 Å². The number of hydrogen-bond acceptors (Lipinski definition) is 5. The molecule has 1 heterocycles. The van der Waals surface area contributed by atoms with E-state index in [2.05, 4.69) is 0 Å². The number of ether oxygens (including phenoxy) is 2. The summed E-state index contributed by atoms with van der Waals surface area (Å²) in [5.41, 5.74) is -1.75. The average Bonchev–Trinajstić information content (AvgIpc) is 2.72. The zero-order chi connectivity index (χ0) is 25.4. The minimum Gasteiger partial charge on any atom is -0.493 e. The number of halogens is 5. The first-order valence-electron chi connectivity index (χ1n) is 9.66. The van der Waals surface area contributed by atoms with Gasteiger partial charge in [0.2, 0.25) is 0 Å². The molecule has 0 spiro atoms. The predicted octanol–water partition coefficient (Wildman–Crippen LogP) is 5.43. The Bertz CT molecular complexity index is 1210. The van der Waals surface area contributed by atoms with E-state index in [0.717, 1.165) is 12.1 Å². The van der Waals surface area contributed by atoms with Gasteiger partial charge in [-0.25, -0.2) is 9.69 Å². The molecule has 0 radical (unpaired) electrons. The summed E-state index contributed by atoms with van der Waals surface area (Å²) in [6.45, 7) is 3.67. The lowest BCUT2D eigenvalue weighted by molar-refractivity contribution is -0.137. The van der Waals surface area contributed by atoms with Gasteiger partial charge in [0.1, 0.15) is 5.57 Å². The highest BCUT2D eigenvalue weighted by molar-refractivity contribution is 14.1. The Hall–Kier alpha value is -2.80. The van der Waals surface area contributed by atoms with E-state index in [1.165, 1.54) is 19.3 Å². The van der Waals surface area contributed by atoms with Gasteiger partial charge < -0.3 is 9.47 Å². The molecule has 1 aliphatic rings. The summed E-state index contributed by atoms with van der Waals surface area (Å²) >= 11 is 7.99. The van der Waals surface area contributed by atoms with Gasteiger partial charge in [0.05, 0.1) is 33.1 Å². The summed E-state index contributed by atoms with van der Waals surface area (Å²) < 4.78 is 51.2. The van der Waals surface area contributed by atoms with Crippen LogP contribution in [0.5, 0.6) is 11.5 Å². The van der Waals surface area contributed by atoms with Crippen LogP contribution in [-0.4, -0.2) is 31.1 Å². The maximum absolute atomic E-state index is 13.2. The highest BCUT2D eigenvalue weighted by Gasteiger charge is 2.39. The quantitative estimate of drug-likeness (QED) is 0.278. The van der Waals surface area contributed by atoms with Crippen molar-refractivity contribution >= 4 is 63.8 Å². The number of rotatable bonds is 5. The number of imide groups is 2. The smallest absolute Gasteiger partial charge is 0.416 e. The number of nitrogens with zero attached hydrogens (tertiary/aromatic N) is 1. The highest BCUT2D eigenvalue weighted by Crippen LogP contribution is 2.38. The fourth-order valence-electron chi connectivity index (χ4n) is 3.08. The summed E-state index contributed by atoms with van der Waals surface area (Å²) in [4.78, 5) is 38.3. The van der Waals surface area contributed by atoms with Crippen LogP contribution in [0.25, 0.3) is 6.08 Å². The van der Waals surface area contributed by atoms with Gasteiger partial charge in [0.25, 0.3) is 11.8 Å². The molecule has 1 saturated heterocycles. The first kappa shape index (κ1) is 25.8. The monoisotopic (exact) mass is 608 g/mol. The molecule has 1 aliphatic heterocycles. The fraction of sp³-hybridized carbons (Fsp3) is 0.227. The van der Waals surface area contributed by atoms with Crippen molar-refractivity contribution in [3.8, 4) is 11.5 Å². The molecule has 12 heteroatoms. The summed E-state index contributed by atoms with van der Waals surface area (Å²) in [6.07, 6.45) is -3.69. The number of benzene rings is 2. The zero-order valence-corrected chi connectivity index (χ0v) is 20.8. The number of hydrogen-bond donors (Lipinski definition) is 1. The first-order chi connectivity index (χ1) is 15.8. The molecule has 0 aliphatic carbocycles. The second-order valence-corrected chi connectivity index (χ2v) is 8.89. The molecular weight excluding hydrogens is 592 g/mol. The molecule has 0 unspecified atom stereocenters. The fourth-order valence-corrected chi connectivity index (χ4v) is 4.03. The molecule has 0 atom stereocenters. The number of alkyl halides is 3. The number of methoxy groups -OCH3 is 1. The summed E-state index contributed by atoms with van der Waals surface area (Å²) in [5, 5.41) is 1.68. The molecule has 1 N–H and O–H groups in total. The predicted molar refractivity (Wildman–Crippen MR) is 127 cm³/mol. The Balaban J connectivity index is 2.08. The van der Waals surface area contributed by atoms with Crippen LogP contribution in [0.4, 0.5) is 23.7 Å². The van der Waals surface area contributed by atoms with Gasteiger partial charge in [-0.05, 0) is 78.4 Å². The van der Waals surface area contributed by atoms with Gasteiger partial charge in [0, 0.05) is 0 Å². The number of barbiturate groups is 1. The molecule has 0 bridgehead atoms. The van der Waals surface area contributed by atoms with Crippen molar-refractivity contribution < 1.29 is 37.0 Å². The van der Waals surface area contributed by atoms with Crippen molar-refractivity contribution in [2.24, 2.45) is 0 Å². The number of carbonyl (C=O) groups is 3. The van der Waals surface area contributed by atoms with Crippen molar-refractivity contribution in [3.63, 3.8) is 0 Å². The summed E-state index contributed by atoms with van der Waals surface area (Å²) in [5.74, 6) is -1.34. The molecule has 34 heavy (non-hydrogen) atoms. The van der Waals surface area contributed by atoms with Crippen LogP contribution in [0.1, 0.15) is 25.0 Å². The third-order valence-electron chi connectivity index (χ3n) is 4.53. The summed E-state index contributed by atoms with van der Waals surface area (Å²) in [6, 6.07) is 4.12. The third kappa shape index (κ3) is 5.30. The second-order valence-electron chi connectivity index (χ2n) is 7.32. The molecule has 2 aromatic carbocycles. The van der Waals surface area contributed by atoms with E-state index in [4.69, 9.17) is 21.1 Å². The van der Waals surface area contributed by atoms with Crippen LogP contribution in [0.2, 0.25) is 5.02 Å². The lowest BCUT2D eigenvalue weighted by Gasteiger charge is -2.27. The number of carbonyl (C=O) groups excluding carboxylic acids is 3. The van der Waals surface area contributed by atoms with Crippen LogP contribution >= 0.6 is 34.2 Å². The van der Waals surface area contributed by atoms with Gasteiger partial charge in [0.15, 0.2) is 11.5 Å². The lowest BCUT2D eigenvalue weighted by Crippen LogP contribution is -2.54. The van der Waals surface area contributed by atoms with Crippen LogP contribution in [0.3, 0.4) is 0 Å². The van der Waals surface area contributed by atoms with E-state index in [1.807, 2.05) is 41.8 Å². The van der Waals surface area contributed by atoms with E-state index < -0.39 is 40.8 Å². The van der Waals surface area contributed by atoms with Crippen molar-refractivity contribution in [1.82, 2.24) is 5.32 Å². The van der Waals surface area contributed by atoms with Crippen LogP contribution in [-0.2, 0) is 15.8 Å². The van der Waals surface area contributed by atoms with Gasteiger partial charge in [-0.2, -0.15) is 13.2 Å². The minimum absolute atomic E-state index is 0.144. The SMILES string of the molecule is COc1cc(/C=C2/C(=O)NC(=O)N(c3cc(C(F)(F)F)ccc3Cl)C2=O)cc(I)c1OC(C)C. The Kier molecular flexibility index (Phi) is 7.46. The zero-order valence-electron chi connectivity index (χ0n) is 17.9. The molecule has 1 fully saturated rings. The second kappa shape index (κ2) is 9.82. The summed E-state index contributed by atoms with van der Waals surface area (Å²) in [7, 11) is 1.42. The lowest BCUT2D eigenvalue weighted by atomic mass is 10.1. The molecule has 0 saturated carbocycles. The molecule has 3 rings (SSSR count). The van der Waals surface area contributed by atoms with Gasteiger partial charge in [-0.1, -0.05) is 11.6 Å². The van der Waals surface area contributed by atoms with Crippen molar-refractivity contribution in [2.45, 2.75) is 26.1 Å². The first-order valence-corrected chi connectivity index (χ1v) is 11.1. The number of anilines is 1. The van der Waals surface area contributed by atoms with E-state index in [-0.39, 0.29) is 11.1 Å². The number of urea groups is 1. The number of nitrogens with one attached hydrogen (secondary N) is 1. The van der Waals surface area contributed by atoms with E-state index in [1.54, 1.807) is 6.07 Å². The molecule has 180 valence electrons. The largest absolute Gasteiger partial charge is 0.493 e. The molecule has 7 nitrogen and oxygen atoms in total. The Morgan fingerprint density at radius 3 is 2.41 bits per heavy atom. The minimum atomic E-state index is -4.74. The maximum atomic E-state index is 13.2. The van der Waals surface area contributed by atoms with Gasteiger partial charge in [-0.3, -0.25) is 14.9 Å². The molecular formula is C22H17ClF3IN2O5. The molecule has 0 aromatic heterocycles. The normalized spacial score (nSPS) is 15.7. The average molecular weight is 609 g/mol. The van der Waals surface area contributed by atoms with E-state index in [0.29, 0.717) is 31.6 Å². The van der Waals surface area contributed by atoms with E-state index >= 15 is 0 Å². The van der Waals surface area contributed by atoms with Gasteiger partial charge >= 0.3 is 12.2 Å². The maximum Gasteiger partial charge on any atom is 0.416 e. The standard InChI is InChI=1S/C22H17ClF3IN2O5/c1-10(2)34-18-15(27)7-11(8-17(18)33-3)6-13-19(30)28-21(32)29(20(13)31)16-9-12(22(24,25)26)4-5-14(16)23/h4-10H,1-3H3,(H,28,30,32)/b13-6-. The van der Waals surface area contributed by atoms with Crippen LogP contribution < -0.4 is 19.7 Å². The Labute approximate surface area is 211 Å².